The van der Waals surface area contributed by atoms with Gasteiger partial charge in [0.15, 0.2) is 0 Å². The van der Waals surface area contributed by atoms with E-state index in [9.17, 15) is 0 Å². The van der Waals surface area contributed by atoms with Crippen LogP contribution in [0.15, 0.2) is 49.1 Å². The Labute approximate surface area is 75.8 Å². The highest BCUT2D eigenvalue weighted by Crippen LogP contribution is 2.06. The van der Waals surface area contributed by atoms with Crippen molar-refractivity contribution in [2.75, 3.05) is 0 Å². The van der Waals surface area contributed by atoms with Gasteiger partial charge < -0.3 is 15.0 Å². The second-order valence-electron chi connectivity index (χ2n) is 2.67. The number of rotatable bonds is 0. The van der Waals surface area contributed by atoms with Gasteiger partial charge in [-0.15, -0.1) is 0 Å². The molecule has 3 heteroatoms. The van der Waals surface area contributed by atoms with Crippen LogP contribution in [0, 0.1) is 0 Å². The smallest absolute Gasteiger partial charge is 0.114 e. The molecular formula is C10H11N3. The summed E-state index contributed by atoms with van der Waals surface area (Å²) >= 11 is 0. The van der Waals surface area contributed by atoms with Crippen molar-refractivity contribution < 1.29 is 0 Å². The molecule has 0 aliphatic carbocycles. The molecule has 66 valence electrons. The number of nitrogens with one attached hydrogen (secondary N) is 3. The van der Waals surface area contributed by atoms with Crippen molar-refractivity contribution in [3.8, 4) is 0 Å². The number of fused-ring (bicyclic) bond motifs is 1. The summed E-state index contributed by atoms with van der Waals surface area (Å²) in [5, 5.41) is 1.24. The molecule has 3 aromatic rings. The van der Waals surface area contributed by atoms with Crippen LogP contribution in [0.1, 0.15) is 0 Å². The van der Waals surface area contributed by atoms with Gasteiger partial charge in [0.2, 0.25) is 0 Å². The van der Waals surface area contributed by atoms with Crippen molar-refractivity contribution in [3.63, 3.8) is 0 Å². The van der Waals surface area contributed by atoms with Gasteiger partial charge in [-0.1, -0.05) is 0 Å². The summed E-state index contributed by atoms with van der Waals surface area (Å²) < 4.78 is 0. The molecule has 0 aliphatic rings. The third-order valence-corrected chi connectivity index (χ3v) is 1.77. The van der Waals surface area contributed by atoms with Crippen LogP contribution in [-0.4, -0.2) is 15.0 Å². The summed E-state index contributed by atoms with van der Waals surface area (Å²) in [6, 6.07) is 7.96. The summed E-state index contributed by atoms with van der Waals surface area (Å²) in [4.78, 5) is 8.95. The number of hydrogen-bond donors (Lipinski definition) is 3. The van der Waals surface area contributed by atoms with E-state index < -0.39 is 0 Å². The number of aromatic nitrogens is 3. The molecule has 3 aromatic heterocycles. The molecule has 0 saturated carbocycles. The van der Waals surface area contributed by atoms with Crippen LogP contribution in [0.5, 0.6) is 0 Å². The highest BCUT2D eigenvalue weighted by Gasteiger charge is 1.88. The minimum atomic E-state index is 1.10. The first-order valence-electron chi connectivity index (χ1n) is 4.15. The summed E-state index contributed by atoms with van der Waals surface area (Å²) in [6.07, 6.45) is 7.59. The molecular weight excluding hydrogens is 162 g/mol. The number of H-pyrrole nitrogens is 3. The molecule has 0 unspecified atom stereocenters. The quantitative estimate of drug-likeness (QED) is 0.468. The Morgan fingerprint density at radius 2 is 1.38 bits per heavy atom. The van der Waals surface area contributed by atoms with Crippen LogP contribution < -0.4 is 0 Å². The summed E-state index contributed by atoms with van der Waals surface area (Å²) in [5.41, 5.74) is 1.10. The van der Waals surface area contributed by atoms with Gasteiger partial charge in [0.05, 0.1) is 0 Å². The van der Waals surface area contributed by atoms with Crippen molar-refractivity contribution >= 4 is 11.0 Å². The number of aromatic amines is 3. The van der Waals surface area contributed by atoms with Crippen molar-refractivity contribution in [1.29, 1.82) is 0 Å². The van der Waals surface area contributed by atoms with Gasteiger partial charge in [-0.05, 0) is 24.3 Å². The third-order valence-electron chi connectivity index (χ3n) is 1.77. The zero-order valence-corrected chi connectivity index (χ0v) is 7.12. The molecule has 0 saturated heterocycles. The van der Waals surface area contributed by atoms with E-state index >= 15 is 0 Å². The van der Waals surface area contributed by atoms with Gasteiger partial charge in [-0.2, -0.15) is 0 Å². The third kappa shape index (κ3) is 1.82. The molecule has 0 fully saturated rings. The fraction of sp³-hybridized carbons (Fsp3) is 0. The second kappa shape index (κ2) is 3.67. The standard InChI is InChI=1S/C6H6N2.C4H5N/c1-3-7-6-5(1)2-4-8-6;1-2-4-5-3-1/h1-4,7-8H;1-5H. The highest BCUT2D eigenvalue weighted by atomic mass is 14.8. The van der Waals surface area contributed by atoms with Gasteiger partial charge in [0, 0.05) is 30.2 Å². The predicted molar refractivity (Wildman–Crippen MR) is 53.4 cm³/mol. The van der Waals surface area contributed by atoms with Crippen LogP contribution in [0.3, 0.4) is 0 Å². The van der Waals surface area contributed by atoms with E-state index in [0.717, 1.165) is 5.65 Å². The van der Waals surface area contributed by atoms with E-state index in [0.29, 0.717) is 0 Å². The van der Waals surface area contributed by atoms with E-state index in [1.54, 1.807) is 0 Å². The van der Waals surface area contributed by atoms with E-state index in [2.05, 4.69) is 15.0 Å². The maximum atomic E-state index is 3.04. The van der Waals surface area contributed by atoms with E-state index in [-0.39, 0.29) is 0 Å². The molecule has 0 atom stereocenters. The average Bonchev–Trinajstić information content (AvgIpc) is 2.84. The fourth-order valence-electron chi connectivity index (χ4n) is 1.14. The molecule has 3 rings (SSSR count). The van der Waals surface area contributed by atoms with Gasteiger partial charge in [-0.25, -0.2) is 0 Å². The molecule has 0 radical (unpaired) electrons. The normalized spacial score (nSPS) is 9.54. The molecule has 3 heterocycles. The Morgan fingerprint density at radius 3 is 1.77 bits per heavy atom. The highest BCUT2D eigenvalue weighted by molar-refractivity contribution is 5.75. The Morgan fingerprint density at radius 1 is 0.769 bits per heavy atom. The van der Waals surface area contributed by atoms with Crippen molar-refractivity contribution in [2.24, 2.45) is 0 Å². The van der Waals surface area contributed by atoms with E-state index in [1.807, 2.05) is 49.1 Å². The van der Waals surface area contributed by atoms with Gasteiger partial charge in [0.1, 0.15) is 5.65 Å². The zero-order valence-electron chi connectivity index (χ0n) is 7.12. The van der Waals surface area contributed by atoms with Crippen LogP contribution in [0.25, 0.3) is 11.0 Å². The fourth-order valence-corrected chi connectivity index (χ4v) is 1.14. The first kappa shape index (κ1) is 7.73. The molecule has 13 heavy (non-hydrogen) atoms. The predicted octanol–water partition coefficient (Wildman–Crippen LogP) is 2.51. The second-order valence-corrected chi connectivity index (χ2v) is 2.67. The Balaban J connectivity index is 0.000000113. The van der Waals surface area contributed by atoms with E-state index in [4.69, 9.17) is 0 Å². The lowest BCUT2D eigenvalue weighted by molar-refractivity contribution is 1.35. The summed E-state index contributed by atoms with van der Waals surface area (Å²) in [7, 11) is 0. The van der Waals surface area contributed by atoms with Crippen molar-refractivity contribution in [3.05, 3.63) is 49.1 Å². The molecule has 0 bridgehead atoms. The van der Waals surface area contributed by atoms with Crippen LogP contribution in [0.2, 0.25) is 0 Å². The van der Waals surface area contributed by atoms with Crippen molar-refractivity contribution in [1.82, 2.24) is 15.0 Å². The van der Waals surface area contributed by atoms with Crippen LogP contribution >= 0.6 is 0 Å². The average molecular weight is 173 g/mol. The maximum absolute atomic E-state index is 3.04. The molecule has 0 amide bonds. The monoisotopic (exact) mass is 173 g/mol. The SMILES string of the molecule is c1cc2cc[nH]c2[nH]1.c1cc[nH]c1. The summed E-state index contributed by atoms with van der Waals surface area (Å²) in [5.74, 6) is 0. The molecule has 0 spiro atoms. The lowest BCUT2D eigenvalue weighted by Gasteiger charge is -1.69. The first-order valence-corrected chi connectivity index (χ1v) is 4.15. The molecule has 0 aliphatic heterocycles. The van der Waals surface area contributed by atoms with E-state index in [1.165, 1.54) is 5.39 Å². The summed E-state index contributed by atoms with van der Waals surface area (Å²) in [6.45, 7) is 0. The van der Waals surface area contributed by atoms with Crippen LogP contribution in [0.4, 0.5) is 0 Å². The number of hydrogen-bond acceptors (Lipinski definition) is 0. The van der Waals surface area contributed by atoms with Gasteiger partial charge in [-0.3, -0.25) is 0 Å². The minimum Gasteiger partial charge on any atom is -0.368 e. The molecule has 0 aromatic carbocycles. The van der Waals surface area contributed by atoms with Crippen LogP contribution in [-0.2, 0) is 0 Å². The zero-order chi connectivity index (χ0) is 8.93. The van der Waals surface area contributed by atoms with Crippen molar-refractivity contribution in [2.45, 2.75) is 0 Å². The topological polar surface area (TPSA) is 47.4 Å². The maximum Gasteiger partial charge on any atom is 0.114 e. The Kier molecular flexibility index (Phi) is 2.18. The Hall–Kier alpha value is -1.90. The lowest BCUT2D eigenvalue weighted by atomic mass is 10.4. The molecule has 3 nitrogen and oxygen atoms in total. The Bertz CT molecular complexity index is 365. The van der Waals surface area contributed by atoms with Gasteiger partial charge >= 0.3 is 0 Å². The largest absolute Gasteiger partial charge is 0.368 e. The lowest BCUT2D eigenvalue weighted by Crippen LogP contribution is -1.58. The van der Waals surface area contributed by atoms with Gasteiger partial charge in [0.25, 0.3) is 0 Å². The first-order chi connectivity index (χ1) is 6.47. The molecule has 3 N–H and O–H groups in total. The minimum absolute atomic E-state index is 1.10.